The predicted molar refractivity (Wildman–Crippen MR) is 140 cm³/mol. The molecule has 5 fully saturated rings. The summed E-state index contributed by atoms with van der Waals surface area (Å²) in [5.41, 5.74) is -6.36. The first-order valence-corrected chi connectivity index (χ1v) is 14.2. The maximum absolute atomic E-state index is 13.9. The van der Waals surface area contributed by atoms with Crippen molar-refractivity contribution in [2.45, 2.75) is 153 Å². The van der Waals surface area contributed by atoms with E-state index < -0.39 is 44.8 Å². The van der Waals surface area contributed by atoms with Crippen molar-refractivity contribution in [2.24, 2.45) is 0 Å². The highest BCUT2D eigenvalue weighted by molar-refractivity contribution is 5.89. The molecular weight excluding hydrogens is 488 g/mol. The van der Waals surface area contributed by atoms with Gasteiger partial charge in [0.05, 0.1) is 13.2 Å². The molecule has 2 spiro atoms. The maximum atomic E-state index is 13.9. The van der Waals surface area contributed by atoms with Crippen molar-refractivity contribution < 1.29 is 28.7 Å². The summed E-state index contributed by atoms with van der Waals surface area (Å²) in [4.78, 5) is 40.5. The second-order valence-electron chi connectivity index (χ2n) is 14.7. The van der Waals surface area contributed by atoms with Crippen LogP contribution in [0.4, 0.5) is 0 Å². The zero-order valence-electron chi connectivity index (χ0n) is 25.0. The Labute approximate surface area is 227 Å². The third kappa shape index (κ3) is 4.05. The Balaban J connectivity index is 1.73. The number of nitrogens with zero attached hydrogens (tertiary/aromatic N) is 2. The summed E-state index contributed by atoms with van der Waals surface area (Å²) < 4.78 is 13.6. The fourth-order valence-corrected chi connectivity index (χ4v) is 9.49. The number of fused-ring (bicyclic) bond motifs is 4. The van der Waals surface area contributed by atoms with E-state index in [4.69, 9.17) is 19.1 Å². The van der Waals surface area contributed by atoms with Gasteiger partial charge in [-0.2, -0.15) is 10.1 Å². The Hall–Kier alpha value is -1.30. The molecule has 0 saturated carbocycles. The highest BCUT2D eigenvalue weighted by atomic mass is 16.7. The number of hydrogen-bond donors (Lipinski definition) is 2. The minimum Gasteiger partial charge on any atom is -0.339 e. The molecule has 5 saturated heterocycles. The van der Waals surface area contributed by atoms with Crippen LogP contribution >= 0.6 is 0 Å². The van der Waals surface area contributed by atoms with E-state index in [1.165, 1.54) is 0 Å². The van der Waals surface area contributed by atoms with Gasteiger partial charge in [0.2, 0.25) is 0 Å². The molecule has 0 aliphatic carbocycles. The smallest absolute Gasteiger partial charge is 0.254 e. The van der Waals surface area contributed by atoms with Gasteiger partial charge >= 0.3 is 0 Å². The number of hydroxylamine groups is 4. The topological polar surface area (TPSA) is 102 Å². The molecule has 5 rings (SSSR count). The Morgan fingerprint density at radius 2 is 1.00 bits per heavy atom. The molecule has 2 amide bonds. The summed E-state index contributed by atoms with van der Waals surface area (Å²) in [6.07, 6.45) is 2.71. The Morgan fingerprint density at radius 1 is 0.632 bits per heavy atom. The minimum atomic E-state index is -1.05. The van der Waals surface area contributed by atoms with Crippen LogP contribution < -0.4 is 10.6 Å². The van der Waals surface area contributed by atoms with Crippen molar-refractivity contribution in [1.82, 2.24) is 20.8 Å². The first-order valence-electron chi connectivity index (χ1n) is 14.2. The van der Waals surface area contributed by atoms with Crippen LogP contribution in [0.25, 0.3) is 0 Å². The molecule has 6 atom stereocenters. The summed E-state index contributed by atoms with van der Waals surface area (Å²) in [5, 5.41) is 10.5. The van der Waals surface area contributed by atoms with Crippen molar-refractivity contribution in [1.29, 1.82) is 0 Å². The lowest BCUT2D eigenvalue weighted by Gasteiger charge is -2.63. The molecular formula is C28H48N4O6. The number of nitrogens with one attached hydrogen (secondary N) is 2. The van der Waals surface area contributed by atoms with Crippen molar-refractivity contribution >= 4 is 11.8 Å². The van der Waals surface area contributed by atoms with E-state index in [1.807, 2.05) is 27.7 Å². The Morgan fingerprint density at radius 3 is 1.34 bits per heavy atom. The standard InChI is InChI=1S/C28H48N4O6/c1-11-35-31-21(3,4)13-27-16-23(31,7)15-24(8)17-28(14-22(5,6)32(24)36-12-2)20(34)30-26(10,38-28)18-25(9,37-27)29-19(27)33/h11-18H2,1-10H3,(H,29,33)(H,30,34). The highest BCUT2D eigenvalue weighted by Crippen LogP contribution is 2.58. The predicted octanol–water partition coefficient (Wildman–Crippen LogP) is 3.15. The molecule has 6 unspecified atom stereocenters. The Bertz CT molecular complexity index is 959. The average Bonchev–Trinajstić information content (AvgIpc) is 3.06. The molecule has 10 nitrogen and oxygen atoms in total. The van der Waals surface area contributed by atoms with Crippen LogP contribution in [0.5, 0.6) is 0 Å². The van der Waals surface area contributed by atoms with E-state index in [0.29, 0.717) is 51.7 Å². The Kier molecular flexibility index (Phi) is 6.04. The molecule has 6 bridgehead atoms. The monoisotopic (exact) mass is 536 g/mol. The van der Waals surface area contributed by atoms with Gasteiger partial charge in [0, 0.05) is 54.3 Å². The number of carbonyl (C=O) groups is 2. The quantitative estimate of drug-likeness (QED) is 0.565. The summed E-state index contributed by atoms with van der Waals surface area (Å²) in [6.45, 7) is 21.6. The van der Waals surface area contributed by atoms with Gasteiger partial charge < -0.3 is 20.1 Å². The zero-order valence-corrected chi connectivity index (χ0v) is 25.0. The van der Waals surface area contributed by atoms with Gasteiger partial charge in [-0.25, -0.2) is 0 Å². The van der Waals surface area contributed by atoms with Gasteiger partial charge in [-0.1, -0.05) is 0 Å². The molecule has 0 aromatic rings. The molecule has 0 radical (unpaired) electrons. The zero-order chi connectivity index (χ0) is 28.2. The number of piperidine rings is 2. The van der Waals surface area contributed by atoms with Crippen molar-refractivity contribution in [3.05, 3.63) is 0 Å². The number of hydrogen-bond acceptors (Lipinski definition) is 8. The summed E-state index contributed by atoms with van der Waals surface area (Å²) in [5.74, 6) is -0.236. The fourth-order valence-electron chi connectivity index (χ4n) is 9.49. The number of ether oxygens (including phenoxy) is 2. The van der Waals surface area contributed by atoms with Gasteiger partial charge in [-0.05, 0) is 75.7 Å². The molecule has 0 aromatic heterocycles. The SMILES string of the molecule is CCON1C(C)(C)CC23CC1(C)CC1(C)CC4(CC(C)(C)N1OCC)OC(C)(CC(C)(NC2=O)O3)NC4=O. The summed E-state index contributed by atoms with van der Waals surface area (Å²) in [7, 11) is 0. The van der Waals surface area contributed by atoms with E-state index in [0.717, 1.165) is 0 Å². The van der Waals surface area contributed by atoms with Crippen LogP contribution in [0.15, 0.2) is 0 Å². The summed E-state index contributed by atoms with van der Waals surface area (Å²) in [6, 6.07) is 0. The lowest BCUT2D eigenvalue weighted by molar-refractivity contribution is -0.348. The van der Waals surface area contributed by atoms with Crippen LogP contribution in [-0.2, 0) is 28.7 Å². The summed E-state index contributed by atoms with van der Waals surface area (Å²) >= 11 is 0. The van der Waals surface area contributed by atoms with E-state index in [2.05, 4.69) is 62.3 Å². The van der Waals surface area contributed by atoms with Crippen molar-refractivity contribution in [2.75, 3.05) is 13.2 Å². The first kappa shape index (κ1) is 28.2. The van der Waals surface area contributed by atoms with Crippen LogP contribution in [0.1, 0.15) is 108 Å². The largest absolute Gasteiger partial charge is 0.339 e. The van der Waals surface area contributed by atoms with Crippen LogP contribution in [0.3, 0.4) is 0 Å². The number of amides is 2. The van der Waals surface area contributed by atoms with Gasteiger partial charge in [0.15, 0.2) is 11.2 Å². The molecule has 5 aliphatic heterocycles. The lowest BCUT2D eigenvalue weighted by atomic mass is 9.63. The molecule has 38 heavy (non-hydrogen) atoms. The molecule has 216 valence electrons. The van der Waals surface area contributed by atoms with Crippen LogP contribution in [0.2, 0.25) is 0 Å². The molecule has 5 aliphatic rings. The average molecular weight is 537 g/mol. The van der Waals surface area contributed by atoms with Crippen LogP contribution in [-0.4, -0.2) is 80.0 Å². The second-order valence-corrected chi connectivity index (χ2v) is 14.7. The van der Waals surface area contributed by atoms with E-state index in [-0.39, 0.29) is 11.8 Å². The van der Waals surface area contributed by atoms with Crippen LogP contribution in [0, 0.1) is 0 Å². The third-order valence-corrected chi connectivity index (χ3v) is 9.23. The van der Waals surface area contributed by atoms with E-state index in [9.17, 15) is 9.59 Å². The van der Waals surface area contributed by atoms with Gasteiger partial charge in [0.1, 0.15) is 11.4 Å². The highest BCUT2D eigenvalue weighted by Gasteiger charge is 2.71. The molecule has 5 heterocycles. The number of carbonyl (C=O) groups excluding carboxylic acids is 2. The van der Waals surface area contributed by atoms with Crippen molar-refractivity contribution in [3.63, 3.8) is 0 Å². The third-order valence-electron chi connectivity index (χ3n) is 9.23. The molecule has 0 aromatic carbocycles. The number of rotatable bonds is 4. The molecule has 10 heteroatoms. The van der Waals surface area contributed by atoms with E-state index in [1.54, 1.807) is 0 Å². The minimum absolute atomic E-state index is 0.118. The van der Waals surface area contributed by atoms with E-state index >= 15 is 0 Å². The normalized spacial score (nSPS) is 48.2. The van der Waals surface area contributed by atoms with Gasteiger partial charge in [0.25, 0.3) is 11.8 Å². The maximum Gasteiger partial charge on any atom is 0.254 e. The van der Waals surface area contributed by atoms with Crippen molar-refractivity contribution in [3.8, 4) is 0 Å². The second kappa shape index (κ2) is 8.13. The van der Waals surface area contributed by atoms with Gasteiger partial charge in [-0.15, -0.1) is 0 Å². The molecule has 2 N–H and O–H groups in total. The van der Waals surface area contributed by atoms with Gasteiger partial charge in [-0.3, -0.25) is 19.3 Å². The fraction of sp³-hybridized carbons (Fsp3) is 0.929. The first-order chi connectivity index (χ1) is 17.3. The lowest BCUT2D eigenvalue weighted by Crippen LogP contribution is -2.73.